The second-order valence-corrected chi connectivity index (χ2v) is 6.00. The summed E-state index contributed by atoms with van der Waals surface area (Å²) in [7, 11) is 1.34. The molecule has 3 rings (SSSR count). The molecule has 3 aromatic rings. The molecular weight excluding hydrogens is 370 g/mol. The molecule has 0 unspecified atom stereocenters. The van der Waals surface area contributed by atoms with Crippen molar-refractivity contribution in [1.82, 2.24) is 14.8 Å². The highest BCUT2D eigenvalue weighted by Gasteiger charge is 2.16. The number of hydrogen-bond acceptors (Lipinski definition) is 4. The van der Waals surface area contributed by atoms with Gasteiger partial charge < -0.3 is 4.74 Å². The maximum Gasteiger partial charge on any atom is 0.340 e. The van der Waals surface area contributed by atoms with E-state index in [0.717, 1.165) is 15.6 Å². The Morgan fingerprint density at radius 2 is 2.18 bits per heavy atom. The molecule has 0 bridgehead atoms. The van der Waals surface area contributed by atoms with E-state index < -0.39 is 5.97 Å². The smallest absolute Gasteiger partial charge is 0.340 e. The van der Waals surface area contributed by atoms with E-state index >= 15 is 0 Å². The lowest BCUT2D eigenvalue weighted by molar-refractivity contribution is 0.0602. The molecule has 0 spiro atoms. The van der Waals surface area contributed by atoms with Crippen LogP contribution in [0.25, 0.3) is 10.9 Å². The maximum atomic E-state index is 12.0. The molecule has 7 heteroatoms. The summed E-state index contributed by atoms with van der Waals surface area (Å²) in [6.07, 6.45) is 3.39. The molecule has 0 fully saturated rings. The van der Waals surface area contributed by atoms with Crippen LogP contribution >= 0.6 is 27.5 Å². The number of halogens is 2. The van der Waals surface area contributed by atoms with E-state index in [4.69, 9.17) is 16.3 Å². The third-order valence-corrected chi connectivity index (χ3v) is 3.89. The number of rotatable bonds is 3. The summed E-state index contributed by atoms with van der Waals surface area (Å²) in [6.45, 7) is 0.447. The van der Waals surface area contributed by atoms with Crippen LogP contribution in [0.15, 0.2) is 41.1 Å². The van der Waals surface area contributed by atoms with Crippen molar-refractivity contribution in [2.45, 2.75) is 6.54 Å². The first kappa shape index (κ1) is 15.0. The van der Waals surface area contributed by atoms with Crippen molar-refractivity contribution in [2.75, 3.05) is 7.11 Å². The van der Waals surface area contributed by atoms with Crippen LogP contribution in [0, 0.1) is 0 Å². The zero-order chi connectivity index (χ0) is 15.7. The molecule has 0 saturated heterocycles. The fraction of sp³-hybridized carbons (Fsp3) is 0.133. The van der Waals surface area contributed by atoms with Crippen molar-refractivity contribution in [2.24, 2.45) is 0 Å². The molecule has 0 aliphatic carbocycles. The summed E-state index contributed by atoms with van der Waals surface area (Å²) in [5, 5.41) is 5.58. The minimum atomic E-state index is -0.446. The Morgan fingerprint density at radius 1 is 1.36 bits per heavy atom. The van der Waals surface area contributed by atoms with Gasteiger partial charge in [0.05, 0.1) is 36.6 Å². The van der Waals surface area contributed by atoms with E-state index in [1.165, 1.54) is 7.11 Å². The minimum Gasteiger partial charge on any atom is -0.465 e. The fourth-order valence-electron chi connectivity index (χ4n) is 2.24. The summed E-state index contributed by atoms with van der Waals surface area (Å²) in [5.74, 6) is -0.446. The molecule has 22 heavy (non-hydrogen) atoms. The number of methoxy groups -OCH3 is 1. The Balaban J connectivity index is 2.10. The number of carbonyl (C=O) groups is 1. The molecule has 5 nitrogen and oxygen atoms in total. The Morgan fingerprint density at radius 3 is 2.86 bits per heavy atom. The third-order valence-electron chi connectivity index (χ3n) is 3.20. The van der Waals surface area contributed by atoms with Crippen LogP contribution in [0.1, 0.15) is 16.1 Å². The average Bonchev–Trinajstić information content (AvgIpc) is 2.90. The first-order chi connectivity index (χ1) is 10.6. The van der Waals surface area contributed by atoms with Gasteiger partial charge in [0, 0.05) is 21.1 Å². The van der Waals surface area contributed by atoms with E-state index in [9.17, 15) is 4.79 Å². The Hall–Kier alpha value is -1.92. The maximum absolute atomic E-state index is 12.0. The van der Waals surface area contributed by atoms with Crippen LogP contribution in [0.2, 0.25) is 5.02 Å². The zero-order valence-electron chi connectivity index (χ0n) is 11.6. The second-order valence-electron chi connectivity index (χ2n) is 4.65. The highest BCUT2D eigenvalue weighted by Crippen LogP contribution is 2.25. The van der Waals surface area contributed by atoms with Crippen LogP contribution < -0.4 is 0 Å². The molecule has 2 aromatic heterocycles. The van der Waals surface area contributed by atoms with Crippen molar-refractivity contribution in [3.63, 3.8) is 0 Å². The molecule has 0 saturated carbocycles. The number of hydrogen-bond donors (Lipinski definition) is 0. The lowest BCUT2D eigenvalue weighted by atomic mass is 10.1. The van der Waals surface area contributed by atoms with Gasteiger partial charge in [-0.25, -0.2) is 4.79 Å². The van der Waals surface area contributed by atoms with Gasteiger partial charge in [-0.1, -0.05) is 11.6 Å². The highest BCUT2D eigenvalue weighted by atomic mass is 79.9. The number of ether oxygens (including phenoxy) is 1. The molecule has 0 N–H and O–H groups in total. The van der Waals surface area contributed by atoms with Gasteiger partial charge in [-0.15, -0.1) is 0 Å². The Labute approximate surface area is 140 Å². The summed E-state index contributed by atoms with van der Waals surface area (Å²) < 4.78 is 7.45. The van der Waals surface area contributed by atoms with Crippen LogP contribution in [-0.2, 0) is 11.3 Å². The zero-order valence-corrected chi connectivity index (χ0v) is 13.9. The van der Waals surface area contributed by atoms with Crippen molar-refractivity contribution in [1.29, 1.82) is 0 Å². The number of esters is 1. The number of nitrogens with zero attached hydrogens (tertiary/aromatic N) is 3. The SMILES string of the molecule is COC(=O)c1cc(Cl)cc2cnn(Cc3ccc(Br)cn3)c12. The van der Waals surface area contributed by atoms with Gasteiger partial charge in [-0.05, 0) is 40.2 Å². The number of pyridine rings is 1. The normalized spacial score (nSPS) is 10.9. The van der Waals surface area contributed by atoms with Crippen LogP contribution in [0.3, 0.4) is 0 Å². The summed E-state index contributed by atoms with van der Waals surface area (Å²) in [5.41, 5.74) is 1.90. The van der Waals surface area contributed by atoms with Gasteiger partial charge in [-0.2, -0.15) is 5.10 Å². The van der Waals surface area contributed by atoms with Gasteiger partial charge in [0.15, 0.2) is 0 Å². The number of aromatic nitrogens is 3. The summed E-state index contributed by atoms with van der Waals surface area (Å²) in [6, 6.07) is 7.15. The molecule has 0 aliphatic rings. The van der Waals surface area contributed by atoms with Crippen molar-refractivity contribution >= 4 is 44.4 Å². The monoisotopic (exact) mass is 379 g/mol. The predicted octanol–water partition coefficient (Wildman–Crippen LogP) is 3.68. The van der Waals surface area contributed by atoms with Crippen LogP contribution in [-0.4, -0.2) is 27.8 Å². The molecule has 0 radical (unpaired) electrons. The van der Waals surface area contributed by atoms with Gasteiger partial charge in [0.1, 0.15) is 0 Å². The van der Waals surface area contributed by atoms with Crippen molar-refractivity contribution < 1.29 is 9.53 Å². The average molecular weight is 381 g/mol. The van der Waals surface area contributed by atoms with Crippen LogP contribution in [0.5, 0.6) is 0 Å². The second kappa shape index (κ2) is 6.06. The van der Waals surface area contributed by atoms with E-state index in [1.807, 2.05) is 12.1 Å². The molecule has 2 heterocycles. The molecule has 0 atom stereocenters. The fourth-order valence-corrected chi connectivity index (χ4v) is 2.70. The first-order valence-electron chi connectivity index (χ1n) is 6.42. The number of fused-ring (bicyclic) bond motifs is 1. The van der Waals surface area contributed by atoms with E-state index in [2.05, 4.69) is 26.0 Å². The van der Waals surface area contributed by atoms with E-state index in [0.29, 0.717) is 22.6 Å². The van der Waals surface area contributed by atoms with Gasteiger partial charge in [0.25, 0.3) is 0 Å². The first-order valence-corrected chi connectivity index (χ1v) is 7.59. The quantitative estimate of drug-likeness (QED) is 0.650. The van der Waals surface area contributed by atoms with Crippen molar-refractivity contribution in [3.8, 4) is 0 Å². The third kappa shape index (κ3) is 2.84. The van der Waals surface area contributed by atoms with Gasteiger partial charge in [-0.3, -0.25) is 9.67 Å². The van der Waals surface area contributed by atoms with Gasteiger partial charge >= 0.3 is 5.97 Å². The van der Waals surface area contributed by atoms with Gasteiger partial charge in [0.2, 0.25) is 0 Å². The van der Waals surface area contributed by atoms with Crippen molar-refractivity contribution in [3.05, 3.63) is 57.4 Å². The Bertz CT molecular complexity index is 846. The molecule has 112 valence electrons. The topological polar surface area (TPSA) is 57.0 Å². The lowest BCUT2D eigenvalue weighted by Gasteiger charge is -2.08. The van der Waals surface area contributed by atoms with E-state index in [1.54, 1.807) is 29.2 Å². The van der Waals surface area contributed by atoms with Crippen LogP contribution in [0.4, 0.5) is 0 Å². The summed E-state index contributed by atoms with van der Waals surface area (Å²) in [4.78, 5) is 16.3. The summed E-state index contributed by atoms with van der Waals surface area (Å²) >= 11 is 9.40. The Kier molecular flexibility index (Phi) is 4.13. The lowest BCUT2D eigenvalue weighted by Crippen LogP contribution is -2.08. The van der Waals surface area contributed by atoms with E-state index in [-0.39, 0.29) is 0 Å². The highest BCUT2D eigenvalue weighted by molar-refractivity contribution is 9.10. The minimum absolute atomic E-state index is 0.389. The number of carbonyl (C=O) groups excluding carboxylic acids is 1. The standard InChI is InChI=1S/C15H11BrClN3O2/c1-22-15(21)13-5-11(17)4-9-6-19-20(14(9)13)8-12-3-2-10(16)7-18-12/h2-7H,8H2,1H3. The molecule has 1 aromatic carbocycles. The largest absolute Gasteiger partial charge is 0.465 e. The molecule has 0 amide bonds. The predicted molar refractivity (Wildman–Crippen MR) is 87.1 cm³/mol. The molecular formula is C15H11BrClN3O2. The number of benzene rings is 1. The molecule has 0 aliphatic heterocycles.